The first-order valence-corrected chi connectivity index (χ1v) is 12.4. The van der Waals surface area contributed by atoms with Crippen molar-refractivity contribution in [2.45, 2.75) is 23.5 Å². The van der Waals surface area contributed by atoms with E-state index in [0.717, 1.165) is 6.26 Å². The maximum Gasteiger partial charge on any atom is 0.470 e. The van der Waals surface area contributed by atoms with Crippen molar-refractivity contribution in [3.05, 3.63) is 83.6 Å². The van der Waals surface area contributed by atoms with Gasteiger partial charge in [-0.1, -0.05) is 42.5 Å². The molecule has 2 N–H and O–H groups in total. The lowest BCUT2D eigenvalue weighted by atomic mass is 10.1. The van der Waals surface area contributed by atoms with Crippen molar-refractivity contribution in [1.29, 1.82) is 0 Å². The molecule has 188 valence electrons. The molecule has 36 heavy (non-hydrogen) atoms. The largest absolute Gasteiger partial charge is 0.470 e. The first-order chi connectivity index (χ1) is 17.0. The Morgan fingerprint density at radius 2 is 1.75 bits per heavy atom. The predicted octanol–water partition coefficient (Wildman–Crippen LogP) is 3.69. The lowest BCUT2D eigenvalue weighted by Crippen LogP contribution is -2.17. The molecule has 0 fully saturated rings. The fraction of sp³-hybridized carbons (Fsp3) is 0.217. The maximum absolute atomic E-state index is 13.0. The summed E-state index contributed by atoms with van der Waals surface area (Å²) < 4.78 is 67.2. The third kappa shape index (κ3) is 5.86. The van der Waals surface area contributed by atoms with E-state index in [1.165, 1.54) is 18.3 Å². The summed E-state index contributed by atoms with van der Waals surface area (Å²) in [6.07, 6.45) is -2.27. The van der Waals surface area contributed by atoms with E-state index in [1.807, 2.05) is 0 Å². The molecule has 2 aromatic carbocycles. The number of aromatic nitrogens is 4. The van der Waals surface area contributed by atoms with Gasteiger partial charge in [-0.25, -0.2) is 18.4 Å². The molecule has 2 heterocycles. The molecule has 13 heteroatoms. The topological polar surface area (TPSA) is 131 Å². The molecule has 0 radical (unpaired) electrons. The second kappa shape index (κ2) is 10.0. The van der Waals surface area contributed by atoms with Gasteiger partial charge in [0.05, 0.1) is 23.1 Å². The van der Waals surface area contributed by atoms with E-state index < -0.39 is 33.8 Å². The Hall–Kier alpha value is -3.84. The van der Waals surface area contributed by atoms with Crippen LogP contribution in [0.15, 0.2) is 70.1 Å². The summed E-state index contributed by atoms with van der Waals surface area (Å²) in [5, 5.41) is 19.5. The molecule has 0 saturated heterocycles. The highest BCUT2D eigenvalue weighted by Crippen LogP contribution is 2.33. The first-order valence-electron chi connectivity index (χ1n) is 10.5. The molecule has 0 aliphatic carbocycles. The maximum atomic E-state index is 13.0. The fourth-order valence-electron chi connectivity index (χ4n) is 3.34. The van der Waals surface area contributed by atoms with Gasteiger partial charge in [-0.05, 0) is 23.3 Å². The Morgan fingerprint density at radius 3 is 2.33 bits per heavy atom. The average Bonchev–Trinajstić information content (AvgIpc) is 3.34. The van der Waals surface area contributed by atoms with Gasteiger partial charge in [-0.3, -0.25) is 0 Å². The van der Waals surface area contributed by atoms with Crippen molar-refractivity contribution in [2.24, 2.45) is 0 Å². The summed E-state index contributed by atoms with van der Waals surface area (Å²) in [6, 6.07) is 14.4. The van der Waals surface area contributed by atoms with Crippen LogP contribution in [-0.4, -0.2) is 46.6 Å². The Kier molecular flexibility index (Phi) is 7.04. The van der Waals surface area contributed by atoms with Gasteiger partial charge in [-0.15, -0.1) is 10.2 Å². The van der Waals surface area contributed by atoms with Crippen molar-refractivity contribution < 1.29 is 31.1 Å². The van der Waals surface area contributed by atoms with Crippen LogP contribution >= 0.6 is 0 Å². The van der Waals surface area contributed by atoms with Crippen LogP contribution in [0.3, 0.4) is 0 Å². The zero-order valence-corrected chi connectivity index (χ0v) is 19.6. The van der Waals surface area contributed by atoms with E-state index in [4.69, 9.17) is 4.42 Å². The summed E-state index contributed by atoms with van der Waals surface area (Å²) in [7, 11) is -3.36. The summed E-state index contributed by atoms with van der Waals surface area (Å²) >= 11 is 0. The Labute approximate surface area is 204 Å². The van der Waals surface area contributed by atoms with Gasteiger partial charge in [0.2, 0.25) is 0 Å². The Balaban J connectivity index is 1.70. The van der Waals surface area contributed by atoms with Crippen molar-refractivity contribution in [1.82, 2.24) is 20.2 Å². The molecule has 0 aliphatic rings. The normalized spacial score (nSPS) is 12.9. The van der Waals surface area contributed by atoms with Gasteiger partial charge in [0.15, 0.2) is 9.84 Å². The van der Waals surface area contributed by atoms with Gasteiger partial charge in [0.25, 0.3) is 5.89 Å². The van der Waals surface area contributed by atoms with Crippen LogP contribution in [0.5, 0.6) is 0 Å². The first kappa shape index (κ1) is 25.3. The molecule has 4 rings (SSSR count). The minimum absolute atomic E-state index is 0.0172. The zero-order valence-electron chi connectivity index (χ0n) is 18.8. The molecular weight excluding hydrogens is 499 g/mol. The molecule has 0 amide bonds. The number of hydrogen-bond donors (Lipinski definition) is 2. The van der Waals surface area contributed by atoms with Crippen molar-refractivity contribution >= 4 is 15.7 Å². The second-order valence-corrected chi connectivity index (χ2v) is 9.86. The third-order valence-corrected chi connectivity index (χ3v) is 6.27. The Morgan fingerprint density at radius 1 is 1.06 bits per heavy atom. The minimum atomic E-state index is -4.82. The monoisotopic (exact) mass is 519 g/mol. The van der Waals surface area contributed by atoms with Crippen molar-refractivity contribution in [3.63, 3.8) is 0 Å². The van der Waals surface area contributed by atoms with Crippen LogP contribution in [0.25, 0.3) is 11.5 Å². The average molecular weight is 520 g/mol. The molecule has 0 spiro atoms. The van der Waals surface area contributed by atoms with E-state index in [1.54, 1.807) is 42.5 Å². The molecule has 0 bridgehead atoms. The molecule has 1 atom stereocenters. The quantitative estimate of drug-likeness (QED) is 0.358. The van der Waals surface area contributed by atoms with Crippen molar-refractivity contribution in [3.8, 4) is 11.5 Å². The van der Waals surface area contributed by atoms with Crippen LogP contribution in [0, 0.1) is 0 Å². The van der Waals surface area contributed by atoms with E-state index in [9.17, 15) is 26.7 Å². The van der Waals surface area contributed by atoms with Crippen LogP contribution < -0.4 is 5.32 Å². The highest BCUT2D eigenvalue weighted by atomic mass is 32.2. The number of halogens is 3. The third-order valence-electron chi connectivity index (χ3n) is 5.15. The number of hydrogen-bond acceptors (Lipinski definition) is 9. The number of alkyl halides is 3. The standard InChI is InChI=1S/C23H20F3N5O4S/c1-36(33,34)16-9-7-14(8-10-16)11-19-27-12-17(21-30-31-22(35-21)23(24,25)26)20(29-19)28-18(13-32)15-5-3-2-4-6-15/h2-10,12,18,32H,11,13H2,1H3,(H,27,28,29)/t18-/m1/s1. The molecule has 4 aromatic rings. The molecule has 0 saturated carbocycles. The SMILES string of the molecule is CS(=O)(=O)c1ccc(Cc2ncc(-c3nnc(C(F)(F)F)o3)c(N[C@H](CO)c3ccccc3)n2)cc1. The highest BCUT2D eigenvalue weighted by Gasteiger charge is 2.38. The number of nitrogens with one attached hydrogen (secondary N) is 1. The predicted molar refractivity (Wildman–Crippen MR) is 123 cm³/mol. The van der Waals surface area contributed by atoms with E-state index in [0.29, 0.717) is 11.1 Å². The second-order valence-electron chi connectivity index (χ2n) is 7.84. The van der Waals surface area contributed by atoms with Gasteiger partial charge in [0.1, 0.15) is 11.6 Å². The number of rotatable bonds is 8. The lowest BCUT2D eigenvalue weighted by molar-refractivity contribution is -0.156. The summed E-state index contributed by atoms with van der Waals surface area (Å²) in [5.41, 5.74) is 1.44. The molecule has 0 aliphatic heterocycles. The van der Waals surface area contributed by atoms with E-state index in [2.05, 4.69) is 25.5 Å². The van der Waals surface area contributed by atoms with Gasteiger partial charge in [0, 0.05) is 18.9 Å². The van der Waals surface area contributed by atoms with Crippen molar-refractivity contribution in [2.75, 3.05) is 18.2 Å². The van der Waals surface area contributed by atoms with E-state index in [-0.39, 0.29) is 35.1 Å². The molecule has 9 nitrogen and oxygen atoms in total. The summed E-state index contributed by atoms with van der Waals surface area (Å²) in [5.74, 6) is -1.60. The molecule has 2 aromatic heterocycles. The van der Waals surface area contributed by atoms with Crippen LogP contribution in [0.4, 0.5) is 19.0 Å². The van der Waals surface area contributed by atoms with Gasteiger partial charge >= 0.3 is 12.1 Å². The molecule has 0 unspecified atom stereocenters. The molecular formula is C23H20F3N5O4S. The minimum Gasteiger partial charge on any atom is -0.412 e. The van der Waals surface area contributed by atoms with Gasteiger partial charge in [-0.2, -0.15) is 13.2 Å². The number of anilines is 1. The zero-order chi connectivity index (χ0) is 25.9. The number of sulfone groups is 1. The summed E-state index contributed by atoms with van der Waals surface area (Å²) in [6.45, 7) is -0.340. The van der Waals surface area contributed by atoms with Crippen LogP contribution in [-0.2, 0) is 22.4 Å². The van der Waals surface area contributed by atoms with Gasteiger partial charge < -0.3 is 14.8 Å². The number of benzene rings is 2. The number of aliphatic hydroxyl groups excluding tert-OH is 1. The van der Waals surface area contributed by atoms with E-state index >= 15 is 0 Å². The number of nitrogens with zero attached hydrogens (tertiary/aromatic N) is 4. The highest BCUT2D eigenvalue weighted by molar-refractivity contribution is 7.90. The smallest absolute Gasteiger partial charge is 0.412 e. The fourth-order valence-corrected chi connectivity index (χ4v) is 3.97. The Bertz CT molecular complexity index is 1440. The van der Waals surface area contributed by atoms with Crippen LogP contribution in [0.1, 0.15) is 28.9 Å². The lowest BCUT2D eigenvalue weighted by Gasteiger charge is -2.19. The number of aliphatic hydroxyl groups is 1. The summed E-state index contributed by atoms with van der Waals surface area (Å²) in [4.78, 5) is 8.82. The van der Waals surface area contributed by atoms with Crippen LogP contribution in [0.2, 0.25) is 0 Å².